The number of unbranched alkanes of at least 4 members (excludes halogenated alkanes) is 1. The molecule has 22 heavy (non-hydrogen) atoms. The molecule has 0 saturated heterocycles. The summed E-state index contributed by atoms with van der Waals surface area (Å²) < 4.78 is 0. The van der Waals surface area contributed by atoms with Gasteiger partial charge in [-0.1, -0.05) is 76.5 Å². The van der Waals surface area contributed by atoms with E-state index in [0.29, 0.717) is 5.92 Å². The Bertz CT molecular complexity index is 582. The topological polar surface area (TPSA) is 3.24 Å². The minimum atomic E-state index is 0.503. The lowest BCUT2D eigenvalue weighted by Crippen LogP contribution is -2.37. The van der Waals surface area contributed by atoms with Crippen molar-refractivity contribution >= 4 is 12.3 Å². The summed E-state index contributed by atoms with van der Waals surface area (Å²) in [5.41, 5.74) is 2.75. The number of hydrogen-bond acceptors (Lipinski definition) is 1. The average molecular weight is 300 g/mol. The second-order valence-corrected chi connectivity index (χ2v) is 6.37. The number of fused-ring (bicyclic) bond motifs is 1. The van der Waals surface area contributed by atoms with Crippen LogP contribution >= 0.6 is 0 Å². The van der Waals surface area contributed by atoms with Gasteiger partial charge >= 0.3 is 0 Å². The van der Waals surface area contributed by atoms with E-state index in [-0.39, 0.29) is 0 Å². The van der Waals surface area contributed by atoms with Crippen LogP contribution in [-0.4, -0.2) is 18.5 Å². The predicted octanol–water partition coefficient (Wildman–Crippen LogP) is 4.42. The van der Waals surface area contributed by atoms with Gasteiger partial charge in [0, 0.05) is 25.7 Å². The van der Waals surface area contributed by atoms with Crippen molar-refractivity contribution in [1.29, 1.82) is 0 Å². The predicted molar refractivity (Wildman–Crippen MR) is 100 cm³/mol. The van der Waals surface area contributed by atoms with Crippen molar-refractivity contribution in [2.45, 2.75) is 59.3 Å². The van der Waals surface area contributed by atoms with Crippen molar-refractivity contribution in [3.8, 4) is 0 Å². The number of nitrogens with zero attached hydrogens (tertiary/aromatic N) is 1. The lowest BCUT2D eigenvalue weighted by atomic mass is 9.86. The Balaban J connectivity index is 0.000000745. The molecule has 2 rings (SSSR count). The van der Waals surface area contributed by atoms with Crippen LogP contribution in [0.5, 0.6) is 0 Å². The molecule has 0 bridgehead atoms. The van der Waals surface area contributed by atoms with Gasteiger partial charge in [0.1, 0.15) is 0 Å². The fourth-order valence-electron chi connectivity index (χ4n) is 2.85. The van der Waals surface area contributed by atoms with Crippen LogP contribution in [0.2, 0.25) is 0 Å². The van der Waals surface area contributed by atoms with Crippen LogP contribution in [0.4, 0.5) is 0 Å². The molecule has 1 heterocycles. The maximum absolute atomic E-state index is 4.21. The van der Waals surface area contributed by atoms with E-state index < -0.39 is 0 Å². The van der Waals surface area contributed by atoms with Crippen molar-refractivity contribution in [1.82, 2.24) is 4.90 Å². The molecule has 1 aliphatic heterocycles. The molecule has 1 unspecified atom stereocenters. The van der Waals surface area contributed by atoms with Crippen LogP contribution in [-0.2, 0) is 0 Å². The maximum atomic E-state index is 4.21. The summed E-state index contributed by atoms with van der Waals surface area (Å²) in [6.07, 6.45) is 9.58. The highest BCUT2D eigenvalue weighted by atomic mass is 15.1. The molecule has 122 valence electrons. The van der Waals surface area contributed by atoms with E-state index in [0.717, 1.165) is 6.54 Å². The van der Waals surface area contributed by atoms with Gasteiger partial charge in [0.25, 0.3) is 0 Å². The second kappa shape index (κ2) is 9.50. The Hall–Kier alpha value is -1.50. The molecule has 0 spiro atoms. The van der Waals surface area contributed by atoms with Crippen LogP contribution in [0.1, 0.15) is 64.9 Å². The average Bonchev–Trinajstić information content (AvgIpc) is 2.48. The molecule has 0 amide bonds. The summed E-state index contributed by atoms with van der Waals surface area (Å²) in [6.45, 7) is 13.9. The Morgan fingerprint density at radius 2 is 1.95 bits per heavy atom. The largest absolute Gasteiger partial charge is 0.376 e. The summed E-state index contributed by atoms with van der Waals surface area (Å²) in [4.78, 5) is 2.23. The van der Waals surface area contributed by atoms with Crippen LogP contribution in [0.15, 0.2) is 30.4 Å². The highest BCUT2D eigenvalue weighted by molar-refractivity contribution is 5.43. The van der Waals surface area contributed by atoms with E-state index in [4.69, 9.17) is 0 Å². The molecular formula is C21H33N. The Labute approximate surface area is 137 Å². The third-order valence-corrected chi connectivity index (χ3v) is 3.93. The first-order valence-corrected chi connectivity index (χ1v) is 8.71. The van der Waals surface area contributed by atoms with Crippen molar-refractivity contribution in [3.63, 3.8) is 0 Å². The van der Waals surface area contributed by atoms with Crippen LogP contribution < -0.4 is 10.4 Å². The van der Waals surface area contributed by atoms with Gasteiger partial charge in [-0.05, 0) is 29.3 Å². The number of hydrogen-bond donors (Lipinski definition) is 0. The third kappa shape index (κ3) is 5.05. The first kappa shape index (κ1) is 18.5. The van der Waals surface area contributed by atoms with E-state index in [1.54, 1.807) is 0 Å². The molecule has 0 aromatic heterocycles. The van der Waals surface area contributed by atoms with Gasteiger partial charge in [0.2, 0.25) is 0 Å². The first-order chi connectivity index (χ1) is 10.5. The van der Waals surface area contributed by atoms with Gasteiger partial charge in [-0.3, -0.25) is 0 Å². The van der Waals surface area contributed by atoms with E-state index in [1.807, 2.05) is 0 Å². The SMILES string of the molecule is C=C(C)C(CCCC)c1cccc2c1=CCN(C)C=2.CCC. The first-order valence-electron chi connectivity index (χ1n) is 8.71. The summed E-state index contributed by atoms with van der Waals surface area (Å²) in [6, 6.07) is 6.67. The van der Waals surface area contributed by atoms with Gasteiger partial charge < -0.3 is 4.90 Å². The van der Waals surface area contributed by atoms with E-state index in [1.165, 1.54) is 47.3 Å². The fraction of sp³-hybridized carbons (Fsp3) is 0.524. The second-order valence-electron chi connectivity index (χ2n) is 6.37. The van der Waals surface area contributed by atoms with E-state index >= 15 is 0 Å². The van der Waals surface area contributed by atoms with Gasteiger partial charge in [-0.15, -0.1) is 0 Å². The summed E-state index contributed by atoms with van der Waals surface area (Å²) >= 11 is 0. The van der Waals surface area contributed by atoms with Crippen molar-refractivity contribution in [3.05, 3.63) is 46.4 Å². The number of rotatable bonds is 5. The standard InChI is InChI=1S/C18H25N.C3H8/c1-5-6-9-16(14(2)3)18-10-7-8-15-13-19(4)12-11-17(15)18;1-3-2/h7-8,10-11,13,16H,2,5-6,9,12H2,1,3-4H3;3H2,1-2H3. The summed E-state index contributed by atoms with van der Waals surface area (Å²) in [5, 5.41) is 2.76. The lowest BCUT2D eigenvalue weighted by molar-refractivity contribution is 0.562. The molecule has 1 atom stereocenters. The fourth-order valence-corrected chi connectivity index (χ4v) is 2.85. The minimum absolute atomic E-state index is 0.503. The van der Waals surface area contributed by atoms with Crippen LogP contribution in [0.25, 0.3) is 12.3 Å². The van der Waals surface area contributed by atoms with Gasteiger partial charge in [-0.2, -0.15) is 0 Å². The molecule has 0 aliphatic carbocycles. The molecule has 0 saturated carbocycles. The van der Waals surface area contributed by atoms with Gasteiger partial charge in [0.15, 0.2) is 0 Å². The van der Waals surface area contributed by atoms with Crippen molar-refractivity contribution in [2.24, 2.45) is 0 Å². The number of allylic oxidation sites excluding steroid dienone is 1. The highest BCUT2D eigenvalue weighted by Gasteiger charge is 2.14. The molecule has 1 aromatic rings. The molecule has 1 aliphatic rings. The molecule has 1 heteroatoms. The van der Waals surface area contributed by atoms with Crippen molar-refractivity contribution < 1.29 is 0 Å². The summed E-state index contributed by atoms with van der Waals surface area (Å²) in [7, 11) is 2.12. The number of benzene rings is 1. The maximum Gasteiger partial charge on any atom is 0.0360 e. The Kier molecular flexibility index (Phi) is 8.01. The van der Waals surface area contributed by atoms with Crippen LogP contribution in [0, 0.1) is 0 Å². The van der Waals surface area contributed by atoms with Crippen LogP contribution in [0.3, 0.4) is 0 Å². The molecule has 1 aromatic carbocycles. The smallest absolute Gasteiger partial charge is 0.0360 e. The highest BCUT2D eigenvalue weighted by Crippen LogP contribution is 2.26. The molecule has 1 nitrogen and oxygen atoms in total. The third-order valence-electron chi connectivity index (χ3n) is 3.93. The van der Waals surface area contributed by atoms with Gasteiger partial charge in [0.05, 0.1) is 0 Å². The lowest BCUT2D eigenvalue weighted by Gasteiger charge is -2.21. The van der Waals surface area contributed by atoms with E-state index in [9.17, 15) is 0 Å². The monoisotopic (exact) mass is 299 g/mol. The minimum Gasteiger partial charge on any atom is -0.376 e. The zero-order chi connectivity index (χ0) is 16.5. The summed E-state index contributed by atoms with van der Waals surface area (Å²) in [5.74, 6) is 0.503. The zero-order valence-corrected chi connectivity index (χ0v) is 15.2. The molecular weight excluding hydrogens is 266 g/mol. The van der Waals surface area contributed by atoms with Gasteiger partial charge in [-0.25, -0.2) is 0 Å². The quantitative estimate of drug-likeness (QED) is 0.728. The zero-order valence-electron chi connectivity index (χ0n) is 15.2. The molecule has 0 radical (unpaired) electrons. The van der Waals surface area contributed by atoms with Crippen molar-refractivity contribution in [2.75, 3.05) is 13.6 Å². The van der Waals surface area contributed by atoms with E-state index in [2.05, 4.69) is 76.7 Å². The Morgan fingerprint density at radius 3 is 2.55 bits per heavy atom. The molecule has 0 N–H and O–H groups in total. The normalized spacial score (nSPS) is 14.0. The Morgan fingerprint density at radius 1 is 1.27 bits per heavy atom. The molecule has 0 fully saturated rings.